The zero-order chi connectivity index (χ0) is 18.7. The molecule has 0 saturated carbocycles. The number of nitrogens with one attached hydrogen (secondary N) is 1. The largest absolute Gasteiger partial charge is 0.461 e. The van der Waals surface area contributed by atoms with Crippen LogP contribution >= 0.6 is 11.8 Å². The first kappa shape index (κ1) is 18.3. The highest BCUT2D eigenvalue weighted by molar-refractivity contribution is 8.01. The van der Waals surface area contributed by atoms with Crippen LogP contribution in [0.1, 0.15) is 17.5 Å². The van der Waals surface area contributed by atoms with Crippen molar-refractivity contribution in [1.29, 1.82) is 0 Å². The average molecular weight is 381 g/mol. The van der Waals surface area contributed by atoms with E-state index in [1.807, 2.05) is 12.1 Å². The molecule has 1 aliphatic rings. The molecule has 4 nitrogen and oxygen atoms in total. The lowest BCUT2D eigenvalue weighted by Gasteiger charge is -2.23. The Morgan fingerprint density at radius 1 is 1.12 bits per heavy atom. The maximum Gasteiger partial charge on any atom is 0.416 e. The summed E-state index contributed by atoms with van der Waals surface area (Å²) in [6.07, 6.45) is -4.75. The molecule has 0 fully saturated rings. The zero-order valence-electron chi connectivity index (χ0n) is 13.4. The number of halogens is 3. The molecule has 26 heavy (non-hydrogen) atoms. The van der Waals surface area contributed by atoms with Gasteiger partial charge in [-0.05, 0) is 18.2 Å². The van der Waals surface area contributed by atoms with Crippen molar-refractivity contribution in [1.82, 2.24) is 0 Å². The molecule has 0 radical (unpaired) electrons. The van der Waals surface area contributed by atoms with Gasteiger partial charge in [0, 0.05) is 10.5 Å². The number of benzene rings is 2. The van der Waals surface area contributed by atoms with E-state index in [1.165, 1.54) is 30.0 Å². The van der Waals surface area contributed by atoms with Gasteiger partial charge in [-0.15, -0.1) is 11.8 Å². The molecule has 0 saturated heterocycles. The first-order valence-corrected chi connectivity index (χ1v) is 8.60. The van der Waals surface area contributed by atoms with Gasteiger partial charge in [0.25, 0.3) is 0 Å². The molecule has 136 valence electrons. The minimum absolute atomic E-state index is 0.126. The van der Waals surface area contributed by atoms with Gasteiger partial charge in [-0.3, -0.25) is 9.59 Å². The van der Waals surface area contributed by atoms with E-state index in [9.17, 15) is 22.8 Å². The van der Waals surface area contributed by atoms with Crippen LogP contribution in [0.4, 0.5) is 18.9 Å². The molecule has 0 aliphatic carbocycles. The van der Waals surface area contributed by atoms with Crippen molar-refractivity contribution in [3.63, 3.8) is 0 Å². The van der Waals surface area contributed by atoms with E-state index < -0.39 is 29.6 Å². The number of thioether (sulfide) groups is 1. The third-order valence-electron chi connectivity index (χ3n) is 3.77. The van der Waals surface area contributed by atoms with Gasteiger partial charge in [0.1, 0.15) is 6.61 Å². The van der Waals surface area contributed by atoms with Crippen LogP contribution in [0.2, 0.25) is 0 Å². The zero-order valence-corrected chi connectivity index (χ0v) is 14.2. The number of para-hydroxylation sites is 1. The minimum Gasteiger partial charge on any atom is -0.461 e. The highest BCUT2D eigenvalue weighted by Crippen LogP contribution is 2.37. The first-order valence-electron chi connectivity index (χ1n) is 7.72. The van der Waals surface area contributed by atoms with Crippen LogP contribution in [0.15, 0.2) is 53.4 Å². The van der Waals surface area contributed by atoms with Gasteiger partial charge in [-0.25, -0.2) is 0 Å². The number of hydrogen-bond donors (Lipinski definition) is 1. The lowest BCUT2D eigenvalue weighted by Crippen LogP contribution is -2.31. The molecule has 1 aliphatic heterocycles. The molecule has 1 N–H and O–H groups in total. The predicted octanol–water partition coefficient (Wildman–Crippen LogP) is 4.25. The average Bonchev–Trinajstić information content (AvgIpc) is 2.60. The number of hydrogen-bond acceptors (Lipinski definition) is 4. The Balaban J connectivity index is 1.61. The van der Waals surface area contributed by atoms with E-state index in [0.29, 0.717) is 5.69 Å². The van der Waals surface area contributed by atoms with Crippen LogP contribution < -0.4 is 5.32 Å². The second-order valence-corrected chi connectivity index (χ2v) is 6.86. The minimum atomic E-state index is -4.52. The van der Waals surface area contributed by atoms with Gasteiger partial charge < -0.3 is 10.1 Å². The Labute approximate surface area is 151 Å². The molecule has 0 spiro atoms. The van der Waals surface area contributed by atoms with Gasteiger partial charge >= 0.3 is 12.1 Å². The summed E-state index contributed by atoms with van der Waals surface area (Å²) in [7, 11) is 0. The van der Waals surface area contributed by atoms with Crippen LogP contribution in [0.25, 0.3) is 0 Å². The van der Waals surface area contributed by atoms with Crippen molar-refractivity contribution in [2.45, 2.75) is 29.3 Å². The fourth-order valence-electron chi connectivity index (χ4n) is 2.52. The number of carbonyl (C=O) groups excluding carboxylic acids is 2. The molecule has 2 aromatic carbocycles. The Kier molecular flexibility index (Phi) is 5.22. The molecule has 3 rings (SSSR count). The third kappa shape index (κ3) is 4.19. The summed E-state index contributed by atoms with van der Waals surface area (Å²) in [4.78, 5) is 24.9. The molecular formula is C18H14F3NO3S. The fourth-order valence-corrected chi connectivity index (χ4v) is 3.61. The maximum absolute atomic E-state index is 12.9. The van der Waals surface area contributed by atoms with Crippen molar-refractivity contribution in [3.8, 4) is 0 Å². The topological polar surface area (TPSA) is 55.4 Å². The number of ether oxygens (including phenoxy) is 1. The molecule has 1 atom stereocenters. The number of amides is 1. The third-order valence-corrected chi connectivity index (χ3v) is 5.05. The number of esters is 1. The molecule has 1 amide bonds. The number of alkyl halides is 3. The summed E-state index contributed by atoms with van der Waals surface area (Å²) in [5.41, 5.74) is -0.294. The Bertz CT molecular complexity index is 838. The number of fused-ring (bicyclic) bond motifs is 1. The van der Waals surface area contributed by atoms with Crippen LogP contribution in [-0.4, -0.2) is 17.1 Å². The van der Waals surface area contributed by atoms with E-state index in [1.54, 1.807) is 12.1 Å². The lowest BCUT2D eigenvalue weighted by molar-refractivity contribution is -0.148. The van der Waals surface area contributed by atoms with Gasteiger partial charge in [0.2, 0.25) is 5.91 Å². The predicted molar refractivity (Wildman–Crippen MR) is 90.6 cm³/mol. The normalized spacial score (nSPS) is 16.6. The van der Waals surface area contributed by atoms with Gasteiger partial charge in [0.15, 0.2) is 0 Å². The second kappa shape index (κ2) is 7.41. The summed E-state index contributed by atoms with van der Waals surface area (Å²) in [5.74, 6) is -1.06. The number of carbonyl (C=O) groups is 2. The van der Waals surface area contributed by atoms with Crippen molar-refractivity contribution >= 4 is 29.3 Å². The summed E-state index contributed by atoms with van der Waals surface area (Å²) < 4.78 is 43.8. The van der Waals surface area contributed by atoms with Gasteiger partial charge in [-0.2, -0.15) is 13.2 Å². The molecule has 2 aromatic rings. The van der Waals surface area contributed by atoms with Crippen LogP contribution in [0.3, 0.4) is 0 Å². The molecule has 0 unspecified atom stereocenters. The van der Waals surface area contributed by atoms with E-state index in [0.717, 1.165) is 11.0 Å². The lowest BCUT2D eigenvalue weighted by atomic mass is 10.1. The van der Waals surface area contributed by atoms with Gasteiger partial charge in [0.05, 0.1) is 22.9 Å². The maximum atomic E-state index is 12.9. The van der Waals surface area contributed by atoms with E-state index in [2.05, 4.69) is 5.32 Å². The number of anilines is 1. The van der Waals surface area contributed by atoms with Crippen LogP contribution in [0.5, 0.6) is 0 Å². The Hall–Kier alpha value is -2.48. The van der Waals surface area contributed by atoms with Crippen molar-refractivity contribution in [3.05, 3.63) is 59.7 Å². The first-order chi connectivity index (χ1) is 12.3. The standard InChI is InChI=1S/C18H14F3NO3S/c19-18(20,21)12-6-2-1-5-11(12)10-25-16(23)9-15-17(24)22-13-7-3-4-8-14(13)26-15/h1-8,15H,9-10H2,(H,22,24)/t15-/m1/s1. The molecule has 0 aromatic heterocycles. The van der Waals surface area contributed by atoms with Crippen molar-refractivity contribution in [2.24, 2.45) is 0 Å². The fraction of sp³-hybridized carbons (Fsp3) is 0.222. The number of rotatable bonds is 4. The van der Waals surface area contributed by atoms with Crippen molar-refractivity contribution in [2.75, 3.05) is 5.32 Å². The Morgan fingerprint density at radius 3 is 2.58 bits per heavy atom. The highest BCUT2D eigenvalue weighted by Gasteiger charge is 2.33. The Morgan fingerprint density at radius 2 is 1.81 bits per heavy atom. The van der Waals surface area contributed by atoms with Crippen LogP contribution in [-0.2, 0) is 27.1 Å². The molecule has 8 heteroatoms. The van der Waals surface area contributed by atoms with Gasteiger partial charge in [-0.1, -0.05) is 30.3 Å². The second-order valence-electron chi connectivity index (χ2n) is 5.61. The van der Waals surface area contributed by atoms with E-state index in [-0.39, 0.29) is 17.9 Å². The van der Waals surface area contributed by atoms with E-state index in [4.69, 9.17) is 4.74 Å². The summed E-state index contributed by atoms with van der Waals surface area (Å²) in [6.45, 7) is -0.496. The van der Waals surface area contributed by atoms with Crippen molar-refractivity contribution < 1.29 is 27.5 Å². The molecule has 1 heterocycles. The SMILES string of the molecule is O=C(C[C@H]1Sc2ccccc2NC1=O)OCc1ccccc1C(F)(F)F. The summed E-state index contributed by atoms with van der Waals surface area (Å²) >= 11 is 1.23. The monoisotopic (exact) mass is 381 g/mol. The molecule has 0 bridgehead atoms. The van der Waals surface area contributed by atoms with E-state index >= 15 is 0 Å². The smallest absolute Gasteiger partial charge is 0.416 e. The summed E-state index contributed by atoms with van der Waals surface area (Å²) in [6, 6.07) is 12.1. The quantitative estimate of drug-likeness (QED) is 0.805. The molecular weight excluding hydrogens is 367 g/mol. The summed E-state index contributed by atoms with van der Waals surface area (Å²) in [5, 5.41) is 2.02. The van der Waals surface area contributed by atoms with Crippen LogP contribution in [0, 0.1) is 0 Å². The highest BCUT2D eigenvalue weighted by atomic mass is 32.2.